The molecule has 0 radical (unpaired) electrons. The maximum absolute atomic E-state index is 3.72. The third-order valence-corrected chi connectivity index (χ3v) is 3.47. The van der Waals surface area contributed by atoms with Gasteiger partial charge in [-0.2, -0.15) is 0 Å². The van der Waals surface area contributed by atoms with E-state index in [0.29, 0.717) is 0 Å². The topological polar surface area (TPSA) is 12.0 Å². The summed E-state index contributed by atoms with van der Waals surface area (Å²) in [6.07, 6.45) is 11.2. The van der Waals surface area contributed by atoms with Crippen LogP contribution in [-0.4, -0.2) is 12.6 Å². The molecule has 1 aliphatic rings. The molecule has 0 heterocycles. The maximum atomic E-state index is 3.72. The van der Waals surface area contributed by atoms with Crippen molar-refractivity contribution in [2.24, 2.45) is 5.92 Å². The quantitative estimate of drug-likeness (QED) is 0.523. The molecule has 0 bridgehead atoms. The van der Waals surface area contributed by atoms with Gasteiger partial charge in [0, 0.05) is 6.04 Å². The van der Waals surface area contributed by atoms with Crippen molar-refractivity contribution in [1.29, 1.82) is 0 Å². The molecule has 2 unspecified atom stereocenters. The molecule has 0 spiro atoms. The Kier molecular flexibility index (Phi) is 6.25. The van der Waals surface area contributed by atoms with Crippen LogP contribution in [0.5, 0.6) is 0 Å². The van der Waals surface area contributed by atoms with E-state index in [1.807, 2.05) is 0 Å². The van der Waals surface area contributed by atoms with Gasteiger partial charge >= 0.3 is 0 Å². The first-order chi connectivity index (χ1) is 6.83. The number of hydrogen-bond acceptors (Lipinski definition) is 1. The Labute approximate surface area is 89.7 Å². The standard InChI is InChI=1S/C13H27N/c1-3-4-5-11-14-13-8-6-7-12(2)9-10-13/h12-14H,3-11H2,1-2H3. The zero-order chi connectivity index (χ0) is 10.2. The minimum absolute atomic E-state index is 0.830. The van der Waals surface area contributed by atoms with Crippen LogP contribution in [-0.2, 0) is 0 Å². The molecular weight excluding hydrogens is 170 g/mol. The highest BCUT2D eigenvalue weighted by Crippen LogP contribution is 2.22. The summed E-state index contributed by atoms with van der Waals surface area (Å²) in [5.41, 5.74) is 0. The maximum Gasteiger partial charge on any atom is 0.00671 e. The number of unbranched alkanes of at least 4 members (excludes halogenated alkanes) is 2. The van der Waals surface area contributed by atoms with Gasteiger partial charge < -0.3 is 5.32 Å². The van der Waals surface area contributed by atoms with Crippen molar-refractivity contribution in [2.45, 2.75) is 71.3 Å². The van der Waals surface area contributed by atoms with Gasteiger partial charge in [-0.05, 0) is 38.1 Å². The van der Waals surface area contributed by atoms with Gasteiger partial charge in [0.05, 0.1) is 0 Å². The summed E-state index contributed by atoms with van der Waals surface area (Å²) >= 11 is 0. The van der Waals surface area contributed by atoms with E-state index in [1.165, 1.54) is 57.9 Å². The zero-order valence-electron chi connectivity index (χ0n) is 10.0. The third-order valence-electron chi connectivity index (χ3n) is 3.47. The molecule has 2 atom stereocenters. The lowest BCUT2D eigenvalue weighted by atomic mass is 10.0. The monoisotopic (exact) mass is 197 g/mol. The van der Waals surface area contributed by atoms with Crippen LogP contribution in [0.4, 0.5) is 0 Å². The lowest BCUT2D eigenvalue weighted by Crippen LogP contribution is -2.29. The summed E-state index contributed by atoms with van der Waals surface area (Å²) in [7, 11) is 0. The molecule has 1 heteroatoms. The highest BCUT2D eigenvalue weighted by molar-refractivity contribution is 4.73. The smallest absolute Gasteiger partial charge is 0.00671 e. The molecule has 0 aromatic rings. The average Bonchev–Trinajstić information content (AvgIpc) is 2.38. The Hall–Kier alpha value is -0.0400. The zero-order valence-corrected chi connectivity index (χ0v) is 10.0. The van der Waals surface area contributed by atoms with Gasteiger partial charge in [0.25, 0.3) is 0 Å². The van der Waals surface area contributed by atoms with E-state index >= 15 is 0 Å². The van der Waals surface area contributed by atoms with Crippen molar-refractivity contribution in [1.82, 2.24) is 5.32 Å². The summed E-state index contributed by atoms with van der Waals surface area (Å²) in [5, 5.41) is 3.72. The Bertz CT molecular complexity index is 133. The fourth-order valence-electron chi connectivity index (χ4n) is 2.37. The van der Waals surface area contributed by atoms with E-state index in [1.54, 1.807) is 0 Å². The van der Waals surface area contributed by atoms with Gasteiger partial charge in [0.2, 0.25) is 0 Å². The largest absolute Gasteiger partial charge is 0.314 e. The van der Waals surface area contributed by atoms with E-state index < -0.39 is 0 Å². The molecule has 1 N–H and O–H groups in total. The van der Waals surface area contributed by atoms with Crippen molar-refractivity contribution < 1.29 is 0 Å². The summed E-state index contributed by atoms with van der Waals surface area (Å²) in [6, 6.07) is 0.830. The first kappa shape index (κ1) is 12.0. The molecule has 0 aromatic heterocycles. The van der Waals surface area contributed by atoms with Crippen molar-refractivity contribution >= 4 is 0 Å². The van der Waals surface area contributed by atoms with Gasteiger partial charge in [-0.15, -0.1) is 0 Å². The summed E-state index contributed by atoms with van der Waals surface area (Å²) in [6.45, 7) is 5.92. The van der Waals surface area contributed by atoms with Gasteiger partial charge in [-0.25, -0.2) is 0 Å². The van der Waals surface area contributed by atoms with Crippen molar-refractivity contribution in [3.05, 3.63) is 0 Å². The van der Waals surface area contributed by atoms with E-state index in [4.69, 9.17) is 0 Å². The first-order valence-corrected chi connectivity index (χ1v) is 6.56. The minimum atomic E-state index is 0.830. The fraction of sp³-hybridized carbons (Fsp3) is 1.00. The Morgan fingerprint density at radius 1 is 1.07 bits per heavy atom. The minimum Gasteiger partial charge on any atom is -0.314 e. The first-order valence-electron chi connectivity index (χ1n) is 6.56. The molecule has 0 amide bonds. The fourth-order valence-corrected chi connectivity index (χ4v) is 2.37. The van der Waals surface area contributed by atoms with Crippen LogP contribution >= 0.6 is 0 Å². The second-order valence-electron chi connectivity index (χ2n) is 4.97. The molecule has 0 aliphatic heterocycles. The van der Waals surface area contributed by atoms with Crippen LogP contribution in [0.1, 0.15) is 65.2 Å². The molecule has 0 saturated heterocycles. The lowest BCUT2D eigenvalue weighted by molar-refractivity contribution is 0.441. The number of hydrogen-bond donors (Lipinski definition) is 1. The Morgan fingerprint density at radius 2 is 1.93 bits per heavy atom. The van der Waals surface area contributed by atoms with E-state index in [9.17, 15) is 0 Å². The van der Waals surface area contributed by atoms with Crippen LogP contribution in [0.2, 0.25) is 0 Å². The lowest BCUT2D eigenvalue weighted by Gasteiger charge is -2.16. The van der Waals surface area contributed by atoms with Gasteiger partial charge in [-0.3, -0.25) is 0 Å². The number of nitrogens with one attached hydrogen (secondary N) is 1. The van der Waals surface area contributed by atoms with Gasteiger partial charge in [0.15, 0.2) is 0 Å². The summed E-state index contributed by atoms with van der Waals surface area (Å²) in [5.74, 6) is 0.970. The van der Waals surface area contributed by atoms with E-state index in [2.05, 4.69) is 19.2 Å². The number of rotatable bonds is 5. The summed E-state index contributed by atoms with van der Waals surface area (Å²) in [4.78, 5) is 0. The predicted molar refractivity (Wildman–Crippen MR) is 63.6 cm³/mol. The predicted octanol–water partition coefficient (Wildman–Crippen LogP) is 3.74. The highest BCUT2D eigenvalue weighted by Gasteiger charge is 2.14. The molecule has 1 nitrogen and oxygen atoms in total. The van der Waals surface area contributed by atoms with E-state index in [-0.39, 0.29) is 0 Å². The third kappa shape index (κ3) is 4.99. The highest BCUT2D eigenvalue weighted by atomic mass is 14.9. The van der Waals surface area contributed by atoms with Crippen LogP contribution in [0.25, 0.3) is 0 Å². The molecule has 14 heavy (non-hydrogen) atoms. The second kappa shape index (κ2) is 7.28. The molecule has 1 saturated carbocycles. The van der Waals surface area contributed by atoms with Crippen LogP contribution in [0, 0.1) is 5.92 Å². The summed E-state index contributed by atoms with van der Waals surface area (Å²) < 4.78 is 0. The molecule has 84 valence electrons. The van der Waals surface area contributed by atoms with Crippen molar-refractivity contribution in [3.63, 3.8) is 0 Å². The molecule has 1 rings (SSSR count). The van der Waals surface area contributed by atoms with Crippen LogP contribution < -0.4 is 5.32 Å². The normalized spacial score (nSPS) is 28.7. The molecule has 0 aromatic carbocycles. The second-order valence-corrected chi connectivity index (χ2v) is 4.97. The SMILES string of the molecule is CCCCCNC1CCCC(C)CC1. The average molecular weight is 197 g/mol. The van der Waals surface area contributed by atoms with Gasteiger partial charge in [0.1, 0.15) is 0 Å². The van der Waals surface area contributed by atoms with E-state index in [0.717, 1.165) is 12.0 Å². The molecular formula is C13H27N. The van der Waals surface area contributed by atoms with Gasteiger partial charge in [-0.1, -0.05) is 39.5 Å². The molecule has 1 fully saturated rings. The van der Waals surface area contributed by atoms with Crippen LogP contribution in [0.3, 0.4) is 0 Å². The van der Waals surface area contributed by atoms with Crippen molar-refractivity contribution in [2.75, 3.05) is 6.54 Å². The Morgan fingerprint density at radius 3 is 2.71 bits per heavy atom. The molecule has 1 aliphatic carbocycles. The van der Waals surface area contributed by atoms with Crippen LogP contribution in [0.15, 0.2) is 0 Å². The Balaban J connectivity index is 2.05. The van der Waals surface area contributed by atoms with Crippen molar-refractivity contribution in [3.8, 4) is 0 Å².